The van der Waals surface area contributed by atoms with Crippen molar-refractivity contribution < 1.29 is 32.5 Å². The van der Waals surface area contributed by atoms with Gasteiger partial charge in [0.15, 0.2) is 0 Å². The minimum atomic E-state index is -4.41. The fraction of sp³-hybridized carbons (Fsp3) is 0.964. The molecule has 0 aromatic rings. The van der Waals surface area contributed by atoms with Gasteiger partial charge in [0.2, 0.25) is 0 Å². The number of carbonyl (C=O) groups excluding carboxylic acids is 1. The van der Waals surface area contributed by atoms with Gasteiger partial charge in [0.1, 0.15) is 19.3 Å². The third-order valence-electron chi connectivity index (χ3n) is 6.40. The number of phosphoric acid groups is 1. The van der Waals surface area contributed by atoms with Crippen LogP contribution in [0.2, 0.25) is 0 Å². The molecule has 0 bridgehead atoms. The van der Waals surface area contributed by atoms with Gasteiger partial charge in [-0.3, -0.25) is 9.36 Å². The zero-order chi connectivity index (χ0) is 27.1. The Morgan fingerprint density at radius 2 is 1.19 bits per heavy atom. The number of quaternary nitrogens is 1. The second-order valence-corrected chi connectivity index (χ2v) is 12.6. The molecular formula is C28H58NO6P. The molecule has 0 aliphatic heterocycles. The maximum atomic E-state index is 12.0. The molecule has 0 fully saturated rings. The monoisotopic (exact) mass is 535 g/mol. The smallest absolute Gasteiger partial charge is 0.305 e. The summed E-state index contributed by atoms with van der Waals surface area (Å²) in [6, 6.07) is 0. The third-order valence-corrected chi connectivity index (χ3v) is 7.36. The zero-order valence-corrected chi connectivity index (χ0v) is 25.2. The molecule has 216 valence electrons. The Labute approximate surface area is 222 Å². The van der Waals surface area contributed by atoms with Crippen molar-refractivity contribution in [3.8, 4) is 0 Å². The summed E-state index contributed by atoms with van der Waals surface area (Å²) in [5.74, 6) is -0.341. The number of unbranched alkanes of at least 4 members (excludes halogenated alkanes) is 15. The van der Waals surface area contributed by atoms with Crippen LogP contribution in [-0.4, -0.2) is 57.5 Å². The molecule has 0 spiro atoms. The van der Waals surface area contributed by atoms with E-state index in [1.807, 2.05) is 21.1 Å². The number of esters is 1. The van der Waals surface area contributed by atoms with Crippen LogP contribution in [0.5, 0.6) is 0 Å². The van der Waals surface area contributed by atoms with Gasteiger partial charge in [0.05, 0.1) is 27.7 Å². The highest BCUT2D eigenvalue weighted by Gasteiger charge is 2.19. The Morgan fingerprint density at radius 3 is 1.61 bits per heavy atom. The normalized spacial score (nSPS) is 14.5. The summed E-state index contributed by atoms with van der Waals surface area (Å²) in [6.45, 7) is 4.41. The average Bonchev–Trinajstić information content (AvgIpc) is 2.81. The molecule has 0 aromatic carbocycles. The van der Waals surface area contributed by atoms with Gasteiger partial charge in [-0.15, -0.1) is 0 Å². The molecule has 0 aromatic heterocycles. The molecule has 0 N–H and O–H groups in total. The lowest BCUT2D eigenvalue weighted by atomic mass is 10.0. The van der Waals surface area contributed by atoms with Gasteiger partial charge in [-0.1, -0.05) is 110 Å². The number of rotatable bonds is 26. The summed E-state index contributed by atoms with van der Waals surface area (Å²) in [5.41, 5.74) is 0. The largest absolute Gasteiger partial charge is 0.756 e. The van der Waals surface area contributed by atoms with E-state index in [4.69, 9.17) is 13.8 Å². The summed E-state index contributed by atoms with van der Waals surface area (Å²) < 4.78 is 28.0. The predicted molar refractivity (Wildman–Crippen MR) is 147 cm³/mol. The molecule has 7 nitrogen and oxygen atoms in total. The zero-order valence-electron chi connectivity index (χ0n) is 24.3. The van der Waals surface area contributed by atoms with Gasteiger partial charge in [-0.25, -0.2) is 0 Å². The first-order chi connectivity index (χ1) is 17.1. The van der Waals surface area contributed by atoms with E-state index < -0.39 is 13.9 Å². The Kier molecular flexibility index (Phi) is 22.2. The summed E-state index contributed by atoms with van der Waals surface area (Å²) >= 11 is 0. The summed E-state index contributed by atoms with van der Waals surface area (Å²) in [7, 11) is 1.46. The Bertz CT molecular complexity index is 567. The van der Waals surface area contributed by atoms with E-state index in [0.717, 1.165) is 19.3 Å². The first kappa shape index (κ1) is 35.5. The molecule has 2 unspecified atom stereocenters. The highest BCUT2D eigenvalue weighted by molar-refractivity contribution is 7.45. The number of hydrogen-bond donors (Lipinski definition) is 0. The van der Waals surface area contributed by atoms with Crippen molar-refractivity contribution in [2.24, 2.45) is 0 Å². The van der Waals surface area contributed by atoms with Crippen LogP contribution in [0.15, 0.2) is 0 Å². The molecule has 0 rings (SSSR count). The highest BCUT2D eigenvalue weighted by atomic mass is 31.2. The number of ether oxygens (including phenoxy) is 1. The third kappa shape index (κ3) is 25.2. The molecule has 0 aliphatic carbocycles. The lowest BCUT2D eigenvalue weighted by Gasteiger charge is -2.28. The van der Waals surface area contributed by atoms with Crippen LogP contribution < -0.4 is 4.89 Å². The van der Waals surface area contributed by atoms with E-state index in [1.165, 1.54) is 83.5 Å². The van der Waals surface area contributed by atoms with Crippen molar-refractivity contribution in [1.29, 1.82) is 0 Å². The number of nitrogens with zero attached hydrogens (tertiary/aromatic N) is 1. The summed E-state index contributed by atoms with van der Waals surface area (Å²) in [5, 5.41) is 0. The van der Waals surface area contributed by atoms with Crippen LogP contribution in [0.4, 0.5) is 0 Å². The van der Waals surface area contributed by atoms with E-state index in [1.54, 1.807) is 6.92 Å². The summed E-state index contributed by atoms with van der Waals surface area (Å²) in [4.78, 5) is 23.8. The van der Waals surface area contributed by atoms with Crippen molar-refractivity contribution in [3.05, 3.63) is 0 Å². The maximum absolute atomic E-state index is 12.0. The SMILES string of the molecule is CCCCCCCCCCCCCCCCCCC(COP(=O)([O-])OCC[N+](C)(C)C)OC(=O)CC. The molecule has 0 amide bonds. The molecule has 0 radical (unpaired) electrons. The lowest BCUT2D eigenvalue weighted by Crippen LogP contribution is -2.37. The van der Waals surface area contributed by atoms with Crippen molar-refractivity contribution in [2.45, 2.75) is 136 Å². The quantitative estimate of drug-likeness (QED) is 0.0505. The molecule has 36 heavy (non-hydrogen) atoms. The molecule has 0 aliphatic rings. The molecule has 2 atom stereocenters. The highest BCUT2D eigenvalue weighted by Crippen LogP contribution is 2.38. The second kappa shape index (κ2) is 22.5. The molecule has 0 saturated heterocycles. The fourth-order valence-electron chi connectivity index (χ4n) is 4.00. The van der Waals surface area contributed by atoms with Gasteiger partial charge >= 0.3 is 5.97 Å². The second-order valence-electron chi connectivity index (χ2n) is 11.1. The number of hydrogen-bond acceptors (Lipinski definition) is 6. The lowest BCUT2D eigenvalue weighted by molar-refractivity contribution is -0.870. The Balaban J connectivity index is 3.88. The Morgan fingerprint density at radius 1 is 0.750 bits per heavy atom. The molecular weight excluding hydrogens is 477 g/mol. The van der Waals surface area contributed by atoms with Crippen molar-refractivity contribution in [1.82, 2.24) is 0 Å². The van der Waals surface area contributed by atoms with E-state index in [2.05, 4.69) is 6.92 Å². The first-order valence-electron chi connectivity index (χ1n) is 14.7. The molecule has 0 saturated carbocycles. The fourth-order valence-corrected chi connectivity index (χ4v) is 4.73. The first-order valence-corrected chi connectivity index (χ1v) is 16.2. The van der Waals surface area contributed by atoms with Crippen LogP contribution >= 0.6 is 7.82 Å². The van der Waals surface area contributed by atoms with E-state index in [0.29, 0.717) is 17.4 Å². The van der Waals surface area contributed by atoms with Gasteiger partial charge in [0, 0.05) is 6.42 Å². The van der Waals surface area contributed by atoms with Gasteiger partial charge in [-0.05, 0) is 12.8 Å². The number of likely N-dealkylation sites (N-methyl/N-ethyl adjacent to an activating group) is 1. The van der Waals surface area contributed by atoms with Crippen molar-refractivity contribution in [3.63, 3.8) is 0 Å². The van der Waals surface area contributed by atoms with Gasteiger partial charge in [0.25, 0.3) is 7.82 Å². The maximum Gasteiger partial charge on any atom is 0.305 e. The van der Waals surface area contributed by atoms with Crippen LogP contribution in [-0.2, 0) is 23.1 Å². The van der Waals surface area contributed by atoms with Gasteiger partial charge in [-0.2, -0.15) is 0 Å². The van der Waals surface area contributed by atoms with Crippen LogP contribution in [0.1, 0.15) is 129 Å². The minimum absolute atomic E-state index is 0.0584. The van der Waals surface area contributed by atoms with Crippen LogP contribution in [0.25, 0.3) is 0 Å². The molecule has 8 heteroatoms. The van der Waals surface area contributed by atoms with E-state index in [-0.39, 0.29) is 25.6 Å². The van der Waals surface area contributed by atoms with Crippen LogP contribution in [0.3, 0.4) is 0 Å². The molecule has 0 heterocycles. The Hall–Kier alpha value is -0.460. The van der Waals surface area contributed by atoms with E-state index in [9.17, 15) is 14.3 Å². The van der Waals surface area contributed by atoms with E-state index >= 15 is 0 Å². The van der Waals surface area contributed by atoms with Crippen molar-refractivity contribution >= 4 is 13.8 Å². The topological polar surface area (TPSA) is 84.9 Å². The summed E-state index contributed by atoms with van der Waals surface area (Å²) in [6.07, 6.45) is 21.0. The minimum Gasteiger partial charge on any atom is -0.756 e. The average molecular weight is 536 g/mol. The van der Waals surface area contributed by atoms with Crippen molar-refractivity contribution in [2.75, 3.05) is 40.9 Å². The number of carbonyl (C=O) groups is 1. The van der Waals surface area contributed by atoms with Gasteiger partial charge < -0.3 is 23.2 Å². The predicted octanol–water partition coefficient (Wildman–Crippen LogP) is 7.17. The van der Waals surface area contributed by atoms with Crippen LogP contribution in [0, 0.1) is 0 Å². The number of phosphoric ester groups is 1. The standard InChI is InChI=1S/C28H58NO6P/c1-6-8-9-10-11-12-13-14-15-16-17-18-19-20-21-22-23-27(35-28(30)7-2)26-34-36(31,32)33-25-24-29(3,4)5/h27H,6-26H2,1-5H3.